The fourth-order valence-corrected chi connectivity index (χ4v) is 4.32. The molecule has 0 radical (unpaired) electrons. The Labute approximate surface area is 208 Å². The van der Waals surface area contributed by atoms with Crippen molar-refractivity contribution in [2.75, 3.05) is 12.4 Å². The molecule has 0 aliphatic rings. The summed E-state index contributed by atoms with van der Waals surface area (Å²) < 4.78 is 11.4. The van der Waals surface area contributed by atoms with E-state index in [-0.39, 0.29) is 5.91 Å². The van der Waals surface area contributed by atoms with E-state index in [9.17, 15) is 4.79 Å². The standard InChI is InChI=1S/C29H23ClN2O3/c1-17(13-29(33)32-26-6-4-5-25-21(26)12-7-18(2)31-25)22-14-23-24(19-8-10-20(30)11-9-19)16-35-28(23)15-27(22)34-3/h4-16H,1-3H3,(H,32,33)/b17-13+. The van der Waals surface area contributed by atoms with Crippen molar-refractivity contribution in [1.29, 1.82) is 0 Å². The Morgan fingerprint density at radius 1 is 1.06 bits per heavy atom. The lowest BCUT2D eigenvalue weighted by Gasteiger charge is -2.11. The van der Waals surface area contributed by atoms with Gasteiger partial charge in [-0.25, -0.2) is 0 Å². The summed E-state index contributed by atoms with van der Waals surface area (Å²) >= 11 is 6.05. The predicted octanol–water partition coefficient (Wildman–Crippen LogP) is 7.66. The molecule has 2 heterocycles. The molecule has 174 valence electrons. The zero-order chi connectivity index (χ0) is 24.5. The first-order valence-electron chi connectivity index (χ1n) is 11.1. The first kappa shape index (κ1) is 22.7. The monoisotopic (exact) mass is 482 g/mol. The Morgan fingerprint density at radius 2 is 1.86 bits per heavy atom. The second-order valence-electron chi connectivity index (χ2n) is 8.35. The van der Waals surface area contributed by atoms with E-state index in [2.05, 4.69) is 10.3 Å². The van der Waals surface area contributed by atoms with Gasteiger partial charge < -0.3 is 14.5 Å². The summed E-state index contributed by atoms with van der Waals surface area (Å²) in [4.78, 5) is 17.5. The van der Waals surface area contributed by atoms with Crippen LogP contribution in [0.1, 0.15) is 18.2 Å². The number of nitrogens with zero attached hydrogens (tertiary/aromatic N) is 1. The summed E-state index contributed by atoms with van der Waals surface area (Å²) in [5.41, 5.74) is 6.68. The summed E-state index contributed by atoms with van der Waals surface area (Å²) in [6.07, 6.45) is 3.30. The molecule has 35 heavy (non-hydrogen) atoms. The van der Waals surface area contributed by atoms with Gasteiger partial charge in [-0.2, -0.15) is 0 Å². The number of aromatic nitrogens is 1. The van der Waals surface area contributed by atoms with E-state index in [1.807, 2.05) is 80.6 Å². The molecule has 0 atom stereocenters. The number of hydrogen-bond acceptors (Lipinski definition) is 4. The average molecular weight is 483 g/mol. The zero-order valence-electron chi connectivity index (χ0n) is 19.6. The minimum atomic E-state index is -0.233. The Morgan fingerprint density at radius 3 is 2.63 bits per heavy atom. The molecule has 3 aromatic carbocycles. The van der Waals surface area contributed by atoms with Crippen LogP contribution in [0.15, 0.2) is 83.5 Å². The van der Waals surface area contributed by atoms with Gasteiger partial charge in [-0.15, -0.1) is 0 Å². The summed E-state index contributed by atoms with van der Waals surface area (Å²) in [5.74, 6) is 0.392. The third-order valence-electron chi connectivity index (χ3n) is 5.95. The molecule has 0 fully saturated rings. The van der Waals surface area contributed by atoms with Gasteiger partial charge in [0.1, 0.15) is 11.3 Å². The van der Waals surface area contributed by atoms with Crippen molar-refractivity contribution >= 4 is 50.6 Å². The van der Waals surface area contributed by atoms with Crippen LogP contribution in [-0.4, -0.2) is 18.0 Å². The molecular weight excluding hydrogens is 460 g/mol. The number of methoxy groups -OCH3 is 1. The smallest absolute Gasteiger partial charge is 0.248 e. The molecule has 0 saturated heterocycles. The number of hydrogen-bond donors (Lipinski definition) is 1. The molecule has 5 rings (SSSR count). The number of carbonyl (C=O) groups is 1. The van der Waals surface area contributed by atoms with Crippen molar-refractivity contribution in [3.63, 3.8) is 0 Å². The summed E-state index contributed by atoms with van der Waals surface area (Å²) in [6.45, 7) is 3.83. The van der Waals surface area contributed by atoms with E-state index >= 15 is 0 Å². The van der Waals surface area contributed by atoms with Crippen LogP contribution in [0.3, 0.4) is 0 Å². The van der Waals surface area contributed by atoms with Crippen LogP contribution in [-0.2, 0) is 4.79 Å². The molecule has 5 aromatic rings. The Balaban J connectivity index is 1.50. The highest BCUT2D eigenvalue weighted by Gasteiger charge is 2.15. The van der Waals surface area contributed by atoms with Crippen LogP contribution in [0.2, 0.25) is 5.02 Å². The van der Waals surface area contributed by atoms with Crippen molar-refractivity contribution < 1.29 is 13.9 Å². The summed E-state index contributed by atoms with van der Waals surface area (Å²) in [5, 5.41) is 5.48. The van der Waals surface area contributed by atoms with Crippen LogP contribution in [0, 0.1) is 6.92 Å². The number of amides is 1. The van der Waals surface area contributed by atoms with Gasteiger partial charge in [0, 0.05) is 44.8 Å². The van der Waals surface area contributed by atoms with Crippen LogP contribution < -0.4 is 10.1 Å². The van der Waals surface area contributed by atoms with E-state index in [0.29, 0.717) is 22.0 Å². The SMILES string of the molecule is COc1cc2occ(-c3ccc(Cl)cc3)c2cc1/C(C)=C/C(=O)Nc1cccc2nc(C)ccc12. The van der Waals surface area contributed by atoms with Crippen molar-refractivity contribution in [2.24, 2.45) is 0 Å². The number of benzene rings is 3. The molecule has 0 aliphatic heterocycles. The normalized spacial score (nSPS) is 11.7. The largest absolute Gasteiger partial charge is 0.496 e. The van der Waals surface area contributed by atoms with E-state index in [4.69, 9.17) is 20.8 Å². The predicted molar refractivity (Wildman–Crippen MR) is 142 cm³/mol. The van der Waals surface area contributed by atoms with E-state index in [0.717, 1.165) is 44.2 Å². The average Bonchev–Trinajstić information content (AvgIpc) is 3.26. The second kappa shape index (κ2) is 9.28. The van der Waals surface area contributed by atoms with Gasteiger partial charge in [-0.05, 0) is 67.4 Å². The third kappa shape index (κ3) is 4.51. The minimum absolute atomic E-state index is 0.233. The molecule has 0 bridgehead atoms. The van der Waals surface area contributed by atoms with Gasteiger partial charge in [0.15, 0.2) is 0 Å². The van der Waals surface area contributed by atoms with Gasteiger partial charge in [-0.3, -0.25) is 9.78 Å². The molecule has 5 nitrogen and oxygen atoms in total. The lowest BCUT2D eigenvalue weighted by Crippen LogP contribution is -2.09. The van der Waals surface area contributed by atoms with Crippen LogP contribution >= 0.6 is 11.6 Å². The number of furan rings is 1. The van der Waals surface area contributed by atoms with Gasteiger partial charge in [0.2, 0.25) is 5.91 Å². The highest BCUT2D eigenvalue weighted by atomic mass is 35.5. The highest BCUT2D eigenvalue weighted by Crippen LogP contribution is 2.37. The maximum Gasteiger partial charge on any atom is 0.248 e. The molecule has 2 aromatic heterocycles. The molecule has 0 unspecified atom stereocenters. The van der Waals surface area contributed by atoms with Crippen molar-refractivity contribution in [2.45, 2.75) is 13.8 Å². The maximum absolute atomic E-state index is 13.0. The number of anilines is 1. The Bertz CT molecular complexity index is 1600. The molecule has 0 aliphatic carbocycles. The van der Waals surface area contributed by atoms with Gasteiger partial charge in [0.25, 0.3) is 0 Å². The molecular formula is C29H23ClN2O3. The van der Waals surface area contributed by atoms with Crippen LogP contribution in [0.25, 0.3) is 38.6 Å². The van der Waals surface area contributed by atoms with Crippen molar-refractivity contribution in [3.05, 3.63) is 95.3 Å². The number of pyridine rings is 1. The number of ether oxygens (including phenoxy) is 1. The molecule has 1 N–H and O–H groups in total. The molecule has 6 heteroatoms. The van der Waals surface area contributed by atoms with E-state index < -0.39 is 0 Å². The fraction of sp³-hybridized carbons (Fsp3) is 0.103. The van der Waals surface area contributed by atoms with E-state index in [1.54, 1.807) is 19.4 Å². The Kier molecular flexibility index (Phi) is 6.01. The number of fused-ring (bicyclic) bond motifs is 2. The fourth-order valence-electron chi connectivity index (χ4n) is 4.19. The zero-order valence-corrected chi connectivity index (χ0v) is 20.3. The maximum atomic E-state index is 13.0. The number of carbonyl (C=O) groups excluding carboxylic acids is 1. The quantitative estimate of drug-likeness (QED) is 0.261. The van der Waals surface area contributed by atoms with Crippen molar-refractivity contribution in [1.82, 2.24) is 4.98 Å². The summed E-state index contributed by atoms with van der Waals surface area (Å²) in [7, 11) is 1.60. The highest BCUT2D eigenvalue weighted by molar-refractivity contribution is 6.30. The van der Waals surface area contributed by atoms with E-state index in [1.165, 1.54) is 0 Å². The third-order valence-corrected chi connectivity index (χ3v) is 6.20. The number of halogens is 1. The Hall–Kier alpha value is -4.09. The number of nitrogens with one attached hydrogen (secondary N) is 1. The van der Waals surface area contributed by atoms with Crippen LogP contribution in [0.5, 0.6) is 5.75 Å². The first-order valence-corrected chi connectivity index (χ1v) is 11.5. The molecule has 0 saturated carbocycles. The molecule has 0 spiro atoms. The van der Waals surface area contributed by atoms with Gasteiger partial charge in [-0.1, -0.05) is 29.8 Å². The number of allylic oxidation sites excluding steroid dienone is 1. The first-order chi connectivity index (χ1) is 16.9. The number of aryl methyl sites for hydroxylation is 1. The number of rotatable bonds is 5. The topological polar surface area (TPSA) is 64.4 Å². The lowest BCUT2D eigenvalue weighted by molar-refractivity contribution is -0.111. The summed E-state index contributed by atoms with van der Waals surface area (Å²) in [6, 6.07) is 21.0. The second-order valence-corrected chi connectivity index (χ2v) is 8.78. The van der Waals surface area contributed by atoms with Gasteiger partial charge >= 0.3 is 0 Å². The molecule has 1 amide bonds. The van der Waals surface area contributed by atoms with Crippen molar-refractivity contribution in [3.8, 4) is 16.9 Å². The van der Waals surface area contributed by atoms with Gasteiger partial charge in [0.05, 0.1) is 24.6 Å². The minimum Gasteiger partial charge on any atom is -0.496 e. The van der Waals surface area contributed by atoms with Crippen LogP contribution in [0.4, 0.5) is 5.69 Å². The lowest BCUT2D eigenvalue weighted by atomic mass is 9.99.